The van der Waals surface area contributed by atoms with Gasteiger partial charge in [0.1, 0.15) is 4.87 Å². The Bertz CT molecular complexity index is 379. The number of benzene rings is 1. The molecular formula is C12H13NOS2. The van der Waals surface area contributed by atoms with Crippen molar-refractivity contribution in [2.45, 2.75) is 10.3 Å². The van der Waals surface area contributed by atoms with Crippen LogP contribution in [0.5, 0.6) is 0 Å². The second-order valence-electron chi connectivity index (χ2n) is 3.75. The van der Waals surface area contributed by atoms with Gasteiger partial charge < -0.3 is 4.74 Å². The van der Waals surface area contributed by atoms with Gasteiger partial charge >= 0.3 is 0 Å². The van der Waals surface area contributed by atoms with Gasteiger partial charge in [-0.05, 0) is 5.56 Å². The lowest BCUT2D eigenvalue weighted by molar-refractivity contribution is 0.175. The van der Waals surface area contributed by atoms with Gasteiger partial charge in [-0.3, -0.25) is 5.32 Å². The Morgan fingerprint density at radius 2 is 2.19 bits per heavy atom. The van der Waals surface area contributed by atoms with Crippen molar-refractivity contribution in [2.75, 3.05) is 12.3 Å². The zero-order chi connectivity index (χ0) is 10.8. The monoisotopic (exact) mass is 251 g/mol. The van der Waals surface area contributed by atoms with E-state index >= 15 is 0 Å². The molecule has 0 aliphatic carbocycles. The van der Waals surface area contributed by atoms with E-state index in [0.717, 1.165) is 12.3 Å². The summed E-state index contributed by atoms with van der Waals surface area (Å²) >= 11 is 3.69. The van der Waals surface area contributed by atoms with Crippen molar-refractivity contribution in [3.63, 3.8) is 0 Å². The molecule has 2 nitrogen and oxygen atoms in total. The molecule has 0 amide bonds. The summed E-state index contributed by atoms with van der Waals surface area (Å²) in [7, 11) is 0. The normalized spacial score (nSPS) is 32.9. The van der Waals surface area contributed by atoms with Crippen molar-refractivity contribution in [3.8, 4) is 0 Å². The van der Waals surface area contributed by atoms with Crippen LogP contribution >= 0.6 is 23.5 Å². The van der Waals surface area contributed by atoms with Gasteiger partial charge in [0, 0.05) is 17.7 Å². The van der Waals surface area contributed by atoms with Crippen LogP contribution in [0.2, 0.25) is 0 Å². The molecule has 84 valence electrons. The zero-order valence-electron chi connectivity index (χ0n) is 8.76. The van der Waals surface area contributed by atoms with Crippen LogP contribution in [0, 0.1) is 0 Å². The van der Waals surface area contributed by atoms with Gasteiger partial charge in [0.15, 0.2) is 5.44 Å². The van der Waals surface area contributed by atoms with Crippen molar-refractivity contribution < 1.29 is 4.74 Å². The molecular weight excluding hydrogens is 238 g/mol. The summed E-state index contributed by atoms with van der Waals surface area (Å²) in [6.45, 7) is 1.04. The summed E-state index contributed by atoms with van der Waals surface area (Å²) in [6, 6.07) is 10.6. The molecule has 2 aliphatic heterocycles. The van der Waals surface area contributed by atoms with Crippen molar-refractivity contribution >= 4 is 23.5 Å². The van der Waals surface area contributed by atoms with E-state index in [0.29, 0.717) is 0 Å². The van der Waals surface area contributed by atoms with Gasteiger partial charge in [0.2, 0.25) is 0 Å². The third-order valence-corrected chi connectivity index (χ3v) is 5.40. The molecule has 1 aromatic carbocycles. The van der Waals surface area contributed by atoms with Crippen molar-refractivity contribution in [1.82, 2.24) is 5.32 Å². The van der Waals surface area contributed by atoms with Crippen LogP contribution in [-0.2, 0) is 9.61 Å². The molecule has 0 radical (unpaired) electrons. The van der Waals surface area contributed by atoms with E-state index in [1.165, 1.54) is 5.56 Å². The van der Waals surface area contributed by atoms with Crippen LogP contribution in [0.4, 0.5) is 0 Å². The van der Waals surface area contributed by atoms with Crippen LogP contribution < -0.4 is 5.32 Å². The highest BCUT2D eigenvalue weighted by atomic mass is 32.2. The quantitative estimate of drug-likeness (QED) is 0.872. The smallest absolute Gasteiger partial charge is 0.179 e. The molecule has 2 aliphatic rings. The van der Waals surface area contributed by atoms with Gasteiger partial charge in [-0.1, -0.05) is 42.1 Å². The fourth-order valence-corrected chi connectivity index (χ4v) is 4.49. The Balaban J connectivity index is 1.96. The fraction of sp³-hybridized carbons (Fsp3) is 0.333. The third kappa shape index (κ3) is 1.65. The van der Waals surface area contributed by atoms with Gasteiger partial charge in [-0.15, -0.1) is 11.8 Å². The van der Waals surface area contributed by atoms with Crippen LogP contribution in [0.25, 0.3) is 0 Å². The average Bonchev–Trinajstić information content (AvgIpc) is 3.02. The second-order valence-corrected chi connectivity index (χ2v) is 6.07. The fourth-order valence-electron chi connectivity index (χ4n) is 2.09. The molecule has 0 bridgehead atoms. The summed E-state index contributed by atoms with van der Waals surface area (Å²) in [6.07, 6.45) is 1.79. The Morgan fingerprint density at radius 1 is 1.31 bits per heavy atom. The van der Waals surface area contributed by atoms with E-state index < -0.39 is 0 Å². The van der Waals surface area contributed by atoms with Crippen molar-refractivity contribution in [3.05, 3.63) is 47.6 Å². The Morgan fingerprint density at radius 3 is 2.81 bits per heavy atom. The SMILES string of the molecule is C1=CSC(C2(c3ccccc3)NCCS2)O1. The molecule has 2 unspecified atom stereocenters. The molecule has 16 heavy (non-hydrogen) atoms. The van der Waals surface area contributed by atoms with Crippen LogP contribution in [0.15, 0.2) is 42.0 Å². The van der Waals surface area contributed by atoms with E-state index in [9.17, 15) is 0 Å². The molecule has 0 aromatic heterocycles. The van der Waals surface area contributed by atoms with E-state index in [-0.39, 0.29) is 10.3 Å². The second kappa shape index (κ2) is 4.35. The first-order valence-electron chi connectivity index (χ1n) is 5.32. The maximum atomic E-state index is 5.69. The molecule has 0 spiro atoms. The molecule has 2 heterocycles. The number of thioether (sulfide) groups is 2. The lowest BCUT2D eigenvalue weighted by Crippen LogP contribution is -2.43. The average molecular weight is 251 g/mol. The van der Waals surface area contributed by atoms with Crippen molar-refractivity contribution in [2.24, 2.45) is 0 Å². The molecule has 1 fully saturated rings. The van der Waals surface area contributed by atoms with E-state index in [4.69, 9.17) is 4.74 Å². The summed E-state index contributed by atoms with van der Waals surface area (Å²) < 4.78 is 5.69. The van der Waals surface area contributed by atoms with Crippen LogP contribution in [-0.4, -0.2) is 17.7 Å². The molecule has 4 heteroatoms. The highest BCUT2D eigenvalue weighted by molar-refractivity contribution is 8.05. The lowest BCUT2D eigenvalue weighted by Gasteiger charge is -2.33. The zero-order valence-corrected chi connectivity index (χ0v) is 10.4. The third-order valence-electron chi connectivity index (χ3n) is 2.81. The minimum Gasteiger partial charge on any atom is -0.483 e. The molecule has 0 saturated carbocycles. The summed E-state index contributed by atoms with van der Waals surface area (Å²) in [5.74, 6) is 1.13. The molecule has 1 saturated heterocycles. The van der Waals surface area contributed by atoms with E-state index in [1.807, 2.05) is 17.2 Å². The first-order valence-corrected chi connectivity index (χ1v) is 7.25. The first kappa shape index (κ1) is 10.6. The van der Waals surface area contributed by atoms with Gasteiger partial charge in [0.05, 0.1) is 6.26 Å². The van der Waals surface area contributed by atoms with Crippen LogP contribution in [0.3, 0.4) is 0 Å². The predicted octanol–water partition coefficient (Wildman–Crippen LogP) is 2.74. The number of ether oxygens (including phenoxy) is 1. The highest BCUT2D eigenvalue weighted by Crippen LogP contribution is 2.47. The number of rotatable bonds is 2. The summed E-state index contributed by atoms with van der Waals surface area (Å²) in [5.41, 5.74) is 1.45. The van der Waals surface area contributed by atoms with E-state index in [1.54, 1.807) is 18.0 Å². The maximum absolute atomic E-state index is 5.69. The standard InChI is InChI=1S/C12H13NOS2/c1-2-4-10(5-3-1)12(13-6-8-16-12)11-14-7-9-15-11/h1-5,7,9,11,13H,6,8H2. The van der Waals surface area contributed by atoms with Crippen LogP contribution in [0.1, 0.15) is 5.56 Å². The Labute approximate surface area is 104 Å². The number of nitrogens with one attached hydrogen (secondary N) is 1. The molecule has 3 rings (SSSR count). The predicted molar refractivity (Wildman–Crippen MR) is 70.2 cm³/mol. The Hall–Kier alpha value is -0.580. The van der Waals surface area contributed by atoms with Gasteiger partial charge in [-0.2, -0.15) is 0 Å². The highest BCUT2D eigenvalue weighted by Gasteiger charge is 2.46. The number of hydrogen-bond donors (Lipinski definition) is 1. The van der Waals surface area contributed by atoms with Crippen molar-refractivity contribution in [1.29, 1.82) is 0 Å². The topological polar surface area (TPSA) is 21.3 Å². The lowest BCUT2D eigenvalue weighted by atomic mass is 10.1. The van der Waals surface area contributed by atoms with Gasteiger partial charge in [-0.25, -0.2) is 0 Å². The molecule has 2 atom stereocenters. The minimum absolute atomic E-state index is 0.0879. The molecule has 1 N–H and O–H groups in total. The van der Waals surface area contributed by atoms with E-state index in [2.05, 4.69) is 35.6 Å². The Kier molecular flexibility index (Phi) is 2.88. The summed E-state index contributed by atoms with van der Waals surface area (Å²) in [4.78, 5) is -0.0879. The maximum Gasteiger partial charge on any atom is 0.179 e. The molecule has 1 aromatic rings. The van der Waals surface area contributed by atoms with Gasteiger partial charge in [0.25, 0.3) is 0 Å². The minimum atomic E-state index is -0.0879. The summed E-state index contributed by atoms with van der Waals surface area (Å²) in [5, 5.41) is 5.63. The first-order chi connectivity index (χ1) is 7.92. The largest absolute Gasteiger partial charge is 0.483 e. The number of hydrogen-bond acceptors (Lipinski definition) is 4.